The molecule has 31 heavy (non-hydrogen) atoms. The summed E-state index contributed by atoms with van der Waals surface area (Å²) in [5.74, 6) is -0.315. The first kappa shape index (κ1) is 22.4. The molecule has 2 N–H and O–H groups in total. The van der Waals surface area contributed by atoms with Crippen LogP contribution < -0.4 is 20.1 Å². The first-order chi connectivity index (χ1) is 14.8. The summed E-state index contributed by atoms with van der Waals surface area (Å²) < 4.78 is 10.9. The van der Waals surface area contributed by atoms with E-state index in [-0.39, 0.29) is 23.6 Å². The second kappa shape index (κ2) is 10.1. The van der Waals surface area contributed by atoms with Gasteiger partial charge in [-0.2, -0.15) is 4.99 Å². The second-order valence-corrected chi connectivity index (χ2v) is 7.74. The third-order valence-corrected chi connectivity index (χ3v) is 5.03. The summed E-state index contributed by atoms with van der Waals surface area (Å²) in [6, 6.07) is 11.7. The highest BCUT2D eigenvalue weighted by molar-refractivity contribution is 8.18. The van der Waals surface area contributed by atoms with E-state index in [2.05, 4.69) is 15.6 Å². The number of rotatable bonds is 6. The molecule has 0 bridgehead atoms. The van der Waals surface area contributed by atoms with Crippen LogP contribution in [0.4, 0.5) is 5.69 Å². The molecule has 0 aliphatic carbocycles. The number of anilines is 1. The largest absolute Gasteiger partial charge is 0.493 e. The summed E-state index contributed by atoms with van der Waals surface area (Å²) in [5.41, 5.74) is 1.27. The zero-order valence-corrected chi connectivity index (χ0v) is 18.2. The molecule has 0 saturated heterocycles. The summed E-state index contributed by atoms with van der Waals surface area (Å²) >= 11 is 6.90. The van der Waals surface area contributed by atoms with Crippen molar-refractivity contribution in [2.24, 2.45) is 4.99 Å². The molecule has 8 nitrogen and oxygen atoms in total. The lowest BCUT2D eigenvalue weighted by Gasteiger charge is -2.12. The molecule has 0 atom stereocenters. The SMILES string of the molecule is COc1cc(/C=C2\SC(NC(C)=O)=NC2=O)ccc1OCC(=O)Nc1ccc(Cl)cc1. The summed E-state index contributed by atoms with van der Waals surface area (Å²) in [4.78, 5) is 39.4. The molecule has 3 rings (SSSR count). The van der Waals surface area contributed by atoms with Crippen molar-refractivity contribution in [1.82, 2.24) is 5.32 Å². The van der Waals surface area contributed by atoms with Crippen molar-refractivity contribution in [1.29, 1.82) is 0 Å². The quantitative estimate of drug-likeness (QED) is 0.641. The lowest BCUT2D eigenvalue weighted by atomic mass is 10.2. The van der Waals surface area contributed by atoms with Gasteiger partial charge in [0.2, 0.25) is 5.91 Å². The summed E-state index contributed by atoms with van der Waals surface area (Å²) in [6.45, 7) is 1.12. The average Bonchev–Trinajstić information content (AvgIpc) is 3.06. The number of nitrogens with zero attached hydrogens (tertiary/aromatic N) is 1. The van der Waals surface area contributed by atoms with Crippen LogP contribution in [0.15, 0.2) is 52.4 Å². The second-order valence-electron chi connectivity index (χ2n) is 6.27. The monoisotopic (exact) mass is 459 g/mol. The smallest absolute Gasteiger partial charge is 0.286 e. The summed E-state index contributed by atoms with van der Waals surface area (Å²) in [5, 5.41) is 6.01. The van der Waals surface area contributed by atoms with E-state index in [0.29, 0.717) is 32.7 Å². The summed E-state index contributed by atoms with van der Waals surface area (Å²) in [7, 11) is 1.47. The normalized spacial score (nSPS) is 14.2. The maximum Gasteiger partial charge on any atom is 0.286 e. The first-order valence-corrected chi connectivity index (χ1v) is 10.2. The third kappa shape index (κ3) is 6.34. The Bertz CT molecular complexity index is 1080. The number of hydrogen-bond donors (Lipinski definition) is 2. The van der Waals surface area contributed by atoms with Gasteiger partial charge in [0.15, 0.2) is 23.3 Å². The Morgan fingerprint density at radius 1 is 1.13 bits per heavy atom. The average molecular weight is 460 g/mol. The van der Waals surface area contributed by atoms with E-state index in [1.54, 1.807) is 48.5 Å². The van der Waals surface area contributed by atoms with E-state index in [9.17, 15) is 14.4 Å². The van der Waals surface area contributed by atoms with Crippen LogP contribution in [0.25, 0.3) is 6.08 Å². The van der Waals surface area contributed by atoms with E-state index in [1.165, 1.54) is 14.0 Å². The molecular formula is C21H18ClN3O5S. The highest BCUT2D eigenvalue weighted by atomic mass is 35.5. The van der Waals surface area contributed by atoms with Crippen molar-refractivity contribution in [3.05, 3.63) is 58.0 Å². The number of thioether (sulfide) groups is 1. The van der Waals surface area contributed by atoms with Gasteiger partial charge in [-0.3, -0.25) is 14.4 Å². The Morgan fingerprint density at radius 3 is 2.55 bits per heavy atom. The molecule has 0 fully saturated rings. The van der Waals surface area contributed by atoms with Crippen LogP contribution in [0.2, 0.25) is 5.02 Å². The van der Waals surface area contributed by atoms with E-state index in [4.69, 9.17) is 21.1 Å². The Kier molecular flexibility index (Phi) is 7.32. The number of amides is 3. The van der Waals surface area contributed by atoms with Crippen molar-refractivity contribution in [3.63, 3.8) is 0 Å². The van der Waals surface area contributed by atoms with Gasteiger partial charge < -0.3 is 20.1 Å². The van der Waals surface area contributed by atoms with E-state index in [1.807, 2.05) is 0 Å². The van der Waals surface area contributed by atoms with Gasteiger partial charge in [-0.1, -0.05) is 17.7 Å². The number of halogens is 1. The number of carbonyl (C=O) groups is 3. The number of aliphatic imine (C=N–C) groups is 1. The van der Waals surface area contributed by atoms with Crippen LogP contribution >= 0.6 is 23.4 Å². The lowest BCUT2D eigenvalue weighted by Crippen LogP contribution is -2.23. The summed E-state index contributed by atoms with van der Waals surface area (Å²) in [6.07, 6.45) is 1.63. The van der Waals surface area contributed by atoms with Crippen LogP contribution in [0.5, 0.6) is 11.5 Å². The molecule has 0 radical (unpaired) electrons. The van der Waals surface area contributed by atoms with Crippen molar-refractivity contribution in [2.75, 3.05) is 19.0 Å². The van der Waals surface area contributed by atoms with Gasteiger partial charge in [-0.05, 0) is 59.8 Å². The number of methoxy groups -OCH3 is 1. The zero-order chi connectivity index (χ0) is 22.4. The van der Waals surface area contributed by atoms with Gasteiger partial charge in [-0.15, -0.1) is 0 Å². The minimum Gasteiger partial charge on any atom is -0.493 e. The Labute approximate surface area is 187 Å². The number of carbonyl (C=O) groups excluding carboxylic acids is 3. The number of hydrogen-bond acceptors (Lipinski definition) is 6. The molecule has 2 aromatic rings. The van der Waals surface area contributed by atoms with Gasteiger partial charge >= 0.3 is 0 Å². The van der Waals surface area contributed by atoms with Crippen LogP contribution in [0, 0.1) is 0 Å². The number of nitrogens with one attached hydrogen (secondary N) is 2. The molecule has 0 spiro atoms. The van der Waals surface area contributed by atoms with Crippen molar-refractivity contribution in [2.45, 2.75) is 6.92 Å². The molecule has 160 valence electrons. The Morgan fingerprint density at radius 2 is 1.87 bits per heavy atom. The molecule has 0 unspecified atom stereocenters. The van der Waals surface area contributed by atoms with E-state index in [0.717, 1.165) is 11.8 Å². The van der Waals surface area contributed by atoms with Gasteiger partial charge in [0, 0.05) is 17.6 Å². The molecule has 0 aromatic heterocycles. The predicted molar refractivity (Wildman–Crippen MR) is 120 cm³/mol. The van der Waals surface area contributed by atoms with Crippen LogP contribution in [0.1, 0.15) is 12.5 Å². The molecule has 0 saturated carbocycles. The highest BCUT2D eigenvalue weighted by Crippen LogP contribution is 2.32. The highest BCUT2D eigenvalue weighted by Gasteiger charge is 2.22. The van der Waals surface area contributed by atoms with Gasteiger partial charge in [0.05, 0.1) is 12.0 Å². The van der Waals surface area contributed by atoms with Crippen molar-refractivity contribution < 1.29 is 23.9 Å². The fourth-order valence-electron chi connectivity index (χ4n) is 2.53. The lowest BCUT2D eigenvalue weighted by molar-refractivity contribution is -0.118. The first-order valence-electron chi connectivity index (χ1n) is 9.00. The van der Waals surface area contributed by atoms with Crippen LogP contribution in [0.3, 0.4) is 0 Å². The molecule has 2 aromatic carbocycles. The predicted octanol–water partition coefficient (Wildman–Crippen LogP) is 3.47. The zero-order valence-electron chi connectivity index (χ0n) is 16.6. The van der Waals surface area contributed by atoms with Crippen molar-refractivity contribution in [3.8, 4) is 11.5 Å². The number of amidine groups is 1. The van der Waals surface area contributed by atoms with Gasteiger partial charge in [-0.25, -0.2) is 0 Å². The topological polar surface area (TPSA) is 106 Å². The molecule has 1 heterocycles. The third-order valence-electron chi connectivity index (χ3n) is 3.88. The van der Waals surface area contributed by atoms with Crippen LogP contribution in [-0.2, 0) is 14.4 Å². The molecule has 1 aliphatic rings. The van der Waals surface area contributed by atoms with Crippen molar-refractivity contribution >= 4 is 58.0 Å². The number of ether oxygens (including phenoxy) is 2. The molecular weight excluding hydrogens is 442 g/mol. The maximum atomic E-state index is 12.1. The Hall–Kier alpha value is -3.30. The maximum absolute atomic E-state index is 12.1. The van der Waals surface area contributed by atoms with Gasteiger partial charge in [0.25, 0.3) is 11.8 Å². The molecule has 3 amide bonds. The van der Waals surface area contributed by atoms with E-state index >= 15 is 0 Å². The molecule has 10 heteroatoms. The minimum atomic E-state index is -0.438. The van der Waals surface area contributed by atoms with E-state index < -0.39 is 5.91 Å². The van der Waals surface area contributed by atoms with Gasteiger partial charge in [0.1, 0.15) is 0 Å². The fourth-order valence-corrected chi connectivity index (χ4v) is 3.52. The Balaban J connectivity index is 1.63. The number of benzene rings is 2. The fraction of sp³-hybridized carbons (Fsp3) is 0.143. The molecule has 1 aliphatic heterocycles. The standard InChI is InChI=1S/C21H18ClN3O5S/c1-12(26)23-21-25-20(28)18(31-21)10-13-3-8-16(17(9-13)29-2)30-11-19(27)24-15-6-4-14(22)5-7-15/h3-10H,11H2,1-2H3,(H,24,27)(H,23,25,26,28)/b18-10-. The minimum absolute atomic E-state index is 0.221. The van der Waals surface area contributed by atoms with Crippen LogP contribution in [-0.4, -0.2) is 36.6 Å².